The van der Waals surface area contributed by atoms with Crippen molar-refractivity contribution in [3.8, 4) is 0 Å². The van der Waals surface area contributed by atoms with Crippen molar-refractivity contribution in [2.75, 3.05) is 0 Å². The van der Waals surface area contributed by atoms with Gasteiger partial charge in [-0.3, -0.25) is 25.1 Å². The first-order valence-electron chi connectivity index (χ1n) is 6.42. The lowest BCUT2D eigenvalue weighted by atomic mass is 10.2. The van der Waals surface area contributed by atoms with Gasteiger partial charge in [-0.2, -0.15) is 5.10 Å². The van der Waals surface area contributed by atoms with E-state index in [2.05, 4.69) is 16.0 Å². The van der Waals surface area contributed by atoms with Gasteiger partial charge >= 0.3 is 0 Å². The van der Waals surface area contributed by atoms with E-state index in [0.29, 0.717) is 14.2 Å². The Bertz CT molecular complexity index is 730. The Labute approximate surface area is 146 Å². The van der Waals surface area contributed by atoms with Gasteiger partial charge in [-0.1, -0.05) is 11.6 Å². The molecule has 0 radical (unpaired) electrons. The van der Waals surface area contributed by atoms with Crippen LogP contribution in [0, 0.1) is 17.4 Å². The highest BCUT2D eigenvalue weighted by molar-refractivity contribution is 14.1. The molecule has 0 unspecified atom stereocenters. The summed E-state index contributed by atoms with van der Waals surface area (Å²) in [5.41, 5.74) is 6.91. The maximum Gasteiger partial charge on any atom is 0.270 e. The van der Waals surface area contributed by atoms with Crippen LogP contribution in [0.25, 0.3) is 0 Å². The van der Waals surface area contributed by atoms with E-state index >= 15 is 0 Å². The number of aromatic nitrogens is 2. The van der Waals surface area contributed by atoms with Gasteiger partial charge in [0.25, 0.3) is 11.8 Å². The van der Waals surface area contributed by atoms with Crippen LogP contribution in [0.2, 0.25) is 5.02 Å². The number of nitrogens with zero attached hydrogens (tertiary/aromatic N) is 2. The lowest BCUT2D eigenvalue weighted by Crippen LogP contribution is -2.43. The zero-order chi connectivity index (χ0) is 16.3. The molecule has 0 saturated heterocycles. The minimum absolute atomic E-state index is 0.0393. The molecule has 2 amide bonds. The molecule has 116 valence electrons. The molecule has 0 aliphatic rings. The Morgan fingerprint density at radius 3 is 2.59 bits per heavy atom. The Kier molecular flexibility index (Phi) is 5.41. The first-order valence-corrected chi connectivity index (χ1v) is 7.88. The van der Waals surface area contributed by atoms with Crippen molar-refractivity contribution in [3.63, 3.8) is 0 Å². The highest BCUT2D eigenvalue weighted by Gasteiger charge is 2.12. The van der Waals surface area contributed by atoms with Crippen molar-refractivity contribution < 1.29 is 9.59 Å². The minimum atomic E-state index is -0.400. The van der Waals surface area contributed by atoms with E-state index in [4.69, 9.17) is 11.6 Å². The van der Waals surface area contributed by atoms with Crippen LogP contribution in [-0.4, -0.2) is 21.6 Å². The van der Waals surface area contributed by atoms with Gasteiger partial charge in [-0.25, -0.2) is 0 Å². The topological polar surface area (TPSA) is 76.0 Å². The standard InChI is InChI=1S/C14H14ClIN4O2/c1-8-5-9(2)20(19-8)7-13(21)17-18-14(22)11-4-3-10(15)6-12(11)16/h3-6H,7H2,1-2H3,(H,17,21)(H,18,22). The summed E-state index contributed by atoms with van der Waals surface area (Å²) in [6.45, 7) is 3.76. The number of rotatable bonds is 3. The van der Waals surface area contributed by atoms with Crippen molar-refractivity contribution in [2.24, 2.45) is 0 Å². The van der Waals surface area contributed by atoms with Gasteiger partial charge < -0.3 is 0 Å². The Morgan fingerprint density at radius 2 is 2.00 bits per heavy atom. The maximum atomic E-state index is 12.0. The van der Waals surface area contributed by atoms with Gasteiger partial charge in [-0.15, -0.1) is 0 Å². The van der Waals surface area contributed by atoms with Gasteiger partial charge in [-0.05, 0) is 60.7 Å². The Balaban J connectivity index is 1.93. The molecule has 0 spiro atoms. The molecule has 0 saturated carbocycles. The fourth-order valence-corrected chi connectivity index (χ4v) is 2.99. The van der Waals surface area contributed by atoms with Crippen molar-refractivity contribution in [1.29, 1.82) is 0 Å². The third-order valence-electron chi connectivity index (χ3n) is 2.89. The second-order valence-corrected chi connectivity index (χ2v) is 6.31. The van der Waals surface area contributed by atoms with E-state index in [9.17, 15) is 9.59 Å². The smallest absolute Gasteiger partial charge is 0.270 e. The highest BCUT2D eigenvalue weighted by Crippen LogP contribution is 2.17. The lowest BCUT2D eigenvalue weighted by molar-refractivity contribution is -0.122. The number of amides is 2. The average Bonchev–Trinajstić information content (AvgIpc) is 2.74. The predicted octanol–water partition coefficient (Wildman–Crippen LogP) is 2.22. The molecule has 0 bridgehead atoms. The van der Waals surface area contributed by atoms with Crippen LogP contribution in [-0.2, 0) is 11.3 Å². The number of carbonyl (C=O) groups is 2. The normalized spacial score (nSPS) is 10.4. The quantitative estimate of drug-likeness (QED) is 0.577. The predicted molar refractivity (Wildman–Crippen MR) is 91.5 cm³/mol. The number of benzene rings is 1. The van der Waals surface area contributed by atoms with Crippen molar-refractivity contribution in [2.45, 2.75) is 20.4 Å². The van der Waals surface area contributed by atoms with E-state index in [1.54, 1.807) is 22.9 Å². The van der Waals surface area contributed by atoms with Gasteiger partial charge in [0.15, 0.2) is 0 Å². The SMILES string of the molecule is Cc1cc(C)n(CC(=O)NNC(=O)c2ccc(Cl)cc2I)n1. The summed E-state index contributed by atoms with van der Waals surface area (Å²) < 4.78 is 2.28. The van der Waals surface area contributed by atoms with E-state index in [1.165, 1.54) is 0 Å². The van der Waals surface area contributed by atoms with Crippen LogP contribution < -0.4 is 10.9 Å². The second-order valence-electron chi connectivity index (χ2n) is 4.71. The maximum absolute atomic E-state index is 12.0. The van der Waals surface area contributed by atoms with Crippen LogP contribution in [0.5, 0.6) is 0 Å². The molecule has 8 heteroatoms. The van der Waals surface area contributed by atoms with Gasteiger partial charge in [0.2, 0.25) is 0 Å². The number of hydrogen-bond donors (Lipinski definition) is 2. The summed E-state index contributed by atoms with van der Waals surface area (Å²) in [6.07, 6.45) is 0. The Hall–Kier alpha value is -1.61. The van der Waals surface area contributed by atoms with Gasteiger partial charge in [0.05, 0.1) is 11.3 Å². The van der Waals surface area contributed by atoms with E-state index < -0.39 is 5.91 Å². The first kappa shape index (κ1) is 16.8. The fourth-order valence-electron chi connectivity index (χ4n) is 1.88. The molecular weight excluding hydrogens is 419 g/mol. The average molecular weight is 433 g/mol. The van der Waals surface area contributed by atoms with E-state index in [1.807, 2.05) is 42.5 Å². The Morgan fingerprint density at radius 1 is 1.27 bits per heavy atom. The van der Waals surface area contributed by atoms with Crippen molar-refractivity contribution in [3.05, 3.63) is 49.8 Å². The molecular formula is C14H14ClIN4O2. The third-order valence-corrected chi connectivity index (χ3v) is 4.02. The summed E-state index contributed by atoms with van der Waals surface area (Å²) in [5.74, 6) is -0.758. The van der Waals surface area contributed by atoms with Gasteiger partial charge in [0, 0.05) is 14.3 Å². The number of hydrazine groups is 1. The van der Waals surface area contributed by atoms with Crippen LogP contribution in [0.1, 0.15) is 21.7 Å². The number of nitrogens with one attached hydrogen (secondary N) is 2. The zero-order valence-electron chi connectivity index (χ0n) is 12.0. The molecule has 6 nitrogen and oxygen atoms in total. The summed E-state index contributed by atoms with van der Waals surface area (Å²) >= 11 is 7.85. The highest BCUT2D eigenvalue weighted by atomic mass is 127. The molecule has 0 aliphatic carbocycles. The molecule has 22 heavy (non-hydrogen) atoms. The fraction of sp³-hybridized carbons (Fsp3) is 0.214. The minimum Gasteiger partial charge on any atom is -0.271 e. The van der Waals surface area contributed by atoms with E-state index in [0.717, 1.165) is 11.4 Å². The number of carbonyl (C=O) groups excluding carboxylic acids is 2. The molecule has 0 aliphatic heterocycles. The monoisotopic (exact) mass is 432 g/mol. The second kappa shape index (κ2) is 7.10. The first-order chi connectivity index (χ1) is 10.4. The molecule has 0 atom stereocenters. The zero-order valence-corrected chi connectivity index (χ0v) is 14.9. The van der Waals surface area contributed by atoms with E-state index in [-0.39, 0.29) is 12.5 Å². The summed E-state index contributed by atoms with van der Waals surface area (Å²) in [7, 11) is 0. The number of aryl methyl sites for hydroxylation is 2. The molecule has 1 heterocycles. The molecule has 1 aromatic carbocycles. The number of hydrogen-bond acceptors (Lipinski definition) is 3. The third kappa shape index (κ3) is 4.20. The van der Waals surface area contributed by atoms with Crippen LogP contribution in [0.3, 0.4) is 0 Å². The summed E-state index contributed by atoms with van der Waals surface area (Å²) in [4.78, 5) is 23.8. The molecule has 2 N–H and O–H groups in total. The number of halogens is 2. The van der Waals surface area contributed by atoms with Crippen molar-refractivity contribution >= 4 is 46.0 Å². The van der Waals surface area contributed by atoms with Crippen LogP contribution >= 0.6 is 34.2 Å². The largest absolute Gasteiger partial charge is 0.271 e. The summed E-state index contributed by atoms with van der Waals surface area (Å²) in [6, 6.07) is 6.78. The molecule has 2 aromatic rings. The van der Waals surface area contributed by atoms with Crippen molar-refractivity contribution in [1.82, 2.24) is 20.6 Å². The summed E-state index contributed by atoms with van der Waals surface area (Å²) in [5, 5.41) is 4.74. The lowest BCUT2D eigenvalue weighted by Gasteiger charge is -2.09. The molecule has 2 rings (SSSR count). The molecule has 0 fully saturated rings. The van der Waals surface area contributed by atoms with Crippen LogP contribution in [0.15, 0.2) is 24.3 Å². The van der Waals surface area contributed by atoms with Gasteiger partial charge in [0.1, 0.15) is 6.54 Å². The van der Waals surface area contributed by atoms with Crippen LogP contribution in [0.4, 0.5) is 0 Å². The molecule has 1 aromatic heterocycles.